The van der Waals surface area contributed by atoms with E-state index in [1.807, 2.05) is 18.2 Å². The number of benzene rings is 1. The van der Waals surface area contributed by atoms with Gasteiger partial charge < -0.3 is 9.84 Å². The van der Waals surface area contributed by atoms with E-state index in [-0.39, 0.29) is 0 Å². The lowest BCUT2D eigenvalue weighted by Crippen LogP contribution is -2.02. The van der Waals surface area contributed by atoms with Crippen molar-refractivity contribution in [1.29, 1.82) is 0 Å². The molecule has 0 saturated carbocycles. The molecule has 1 aromatic heterocycles. The average Bonchev–Trinajstić information content (AvgIpc) is 2.38. The molecule has 0 saturated heterocycles. The van der Waals surface area contributed by atoms with Crippen LogP contribution in [0.25, 0.3) is 0 Å². The summed E-state index contributed by atoms with van der Waals surface area (Å²) in [5.74, 6) is 0.646. The van der Waals surface area contributed by atoms with E-state index >= 15 is 0 Å². The second-order valence-electron chi connectivity index (χ2n) is 3.56. The second kappa shape index (κ2) is 5.17. The van der Waals surface area contributed by atoms with Gasteiger partial charge >= 0.3 is 0 Å². The molecule has 3 nitrogen and oxygen atoms in total. The molecule has 0 radical (unpaired) electrons. The highest BCUT2D eigenvalue weighted by molar-refractivity contribution is 6.29. The van der Waals surface area contributed by atoms with Crippen LogP contribution in [0.4, 0.5) is 0 Å². The van der Waals surface area contributed by atoms with Crippen molar-refractivity contribution >= 4 is 11.6 Å². The summed E-state index contributed by atoms with van der Waals surface area (Å²) in [5, 5.41) is 10.6. The standard InChI is InChI=1S/C13H12ClNO2/c1-17-11-5-3-2-4-10(11)13(16)9-6-7-15-12(14)8-9/h2-8,13,16H,1H3. The zero-order chi connectivity index (χ0) is 12.3. The lowest BCUT2D eigenvalue weighted by atomic mass is 10.0. The van der Waals surface area contributed by atoms with Gasteiger partial charge in [-0.05, 0) is 23.8 Å². The molecule has 0 aliphatic heterocycles. The van der Waals surface area contributed by atoms with Crippen molar-refractivity contribution in [3.8, 4) is 5.75 Å². The molecule has 1 N–H and O–H groups in total. The Bertz CT molecular complexity index is 516. The van der Waals surface area contributed by atoms with Gasteiger partial charge in [-0.2, -0.15) is 0 Å². The second-order valence-corrected chi connectivity index (χ2v) is 3.94. The molecule has 0 aliphatic rings. The van der Waals surface area contributed by atoms with Crippen LogP contribution in [0.2, 0.25) is 5.15 Å². The number of hydrogen-bond acceptors (Lipinski definition) is 3. The van der Waals surface area contributed by atoms with E-state index in [0.717, 1.165) is 0 Å². The van der Waals surface area contributed by atoms with Crippen LogP contribution in [-0.2, 0) is 0 Å². The summed E-state index contributed by atoms with van der Waals surface area (Å²) in [4.78, 5) is 3.88. The molecule has 17 heavy (non-hydrogen) atoms. The summed E-state index contributed by atoms with van der Waals surface area (Å²) in [6, 6.07) is 10.7. The van der Waals surface area contributed by atoms with Crippen molar-refractivity contribution in [2.24, 2.45) is 0 Å². The van der Waals surface area contributed by atoms with Crippen molar-refractivity contribution in [2.45, 2.75) is 6.10 Å². The van der Waals surface area contributed by atoms with E-state index in [4.69, 9.17) is 16.3 Å². The van der Waals surface area contributed by atoms with Crippen LogP contribution in [0.15, 0.2) is 42.6 Å². The molecular weight excluding hydrogens is 238 g/mol. The maximum Gasteiger partial charge on any atom is 0.129 e. The molecule has 0 aliphatic carbocycles. The molecule has 0 bridgehead atoms. The number of aromatic nitrogens is 1. The fraction of sp³-hybridized carbons (Fsp3) is 0.154. The predicted molar refractivity (Wildman–Crippen MR) is 66.3 cm³/mol. The molecule has 2 rings (SSSR count). The summed E-state index contributed by atoms with van der Waals surface area (Å²) >= 11 is 5.80. The first-order chi connectivity index (χ1) is 8.22. The fourth-order valence-electron chi connectivity index (χ4n) is 1.66. The molecule has 2 aromatic rings. The van der Waals surface area contributed by atoms with Gasteiger partial charge in [-0.3, -0.25) is 0 Å². The molecule has 88 valence electrons. The third-order valence-corrected chi connectivity index (χ3v) is 2.71. The van der Waals surface area contributed by atoms with Crippen LogP contribution in [0.3, 0.4) is 0 Å². The van der Waals surface area contributed by atoms with Crippen LogP contribution < -0.4 is 4.74 Å². The van der Waals surface area contributed by atoms with Crippen molar-refractivity contribution in [3.05, 3.63) is 58.9 Å². The Morgan fingerprint density at radius 1 is 1.29 bits per heavy atom. The quantitative estimate of drug-likeness (QED) is 0.851. The number of nitrogens with zero attached hydrogens (tertiary/aromatic N) is 1. The first-order valence-electron chi connectivity index (χ1n) is 5.15. The van der Waals surface area contributed by atoms with Crippen molar-refractivity contribution < 1.29 is 9.84 Å². The van der Waals surface area contributed by atoms with Crippen molar-refractivity contribution in [2.75, 3.05) is 7.11 Å². The Hall–Kier alpha value is -1.58. The fourth-order valence-corrected chi connectivity index (χ4v) is 1.84. The number of halogens is 1. The van der Waals surface area contributed by atoms with E-state index in [0.29, 0.717) is 22.0 Å². The van der Waals surface area contributed by atoms with Crippen LogP contribution in [0, 0.1) is 0 Å². The minimum Gasteiger partial charge on any atom is -0.496 e. The lowest BCUT2D eigenvalue weighted by molar-refractivity contribution is 0.214. The number of aliphatic hydroxyl groups is 1. The smallest absolute Gasteiger partial charge is 0.129 e. The Morgan fingerprint density at radius 3 is 2.76 bits per heavy atom. The normalized spacial score (nSPS) is 12.2. The summed E-state index contributed by atoms with van der Waals surface area (Å²) < 4.78 is 5.21. The largest absolute Gasteiger partial charge is 0.496 e. The number of pyridine rings is 1. The van der Waals surface area contributed by atoms with Gasteiger partial charge in [0, 0.05) is 11.8 Å². The van der Waals surface area contributed by atoms with Crippen LogP contribution in [-0.4, -0.2) is 17.2 Å². The number of methoxy groups -OCH3 is 1. The van der Waals surface area contributed by atoms with E-state index in [2.05, 4.69) is 4.98 Å². The highest BCUT2D eigenvalue weighted by atomic mass is 35.5. The van der Waals surface area contributed by atoms with Gasteiger partial charge in [-0.1, -0.05) is 29.8 Å². The summed E-state index contributed by atoms with van der Waals surface area (Å²) in [6.07, 6.45) is 0.794. The number of aliphatic hydroxyl groups excluding tert-OH is 1. The molecule has 0 amide bonds. The molecule has 1 aromatic carbocycles. The van der Waals surface area contributed by atoms with Crippen LogP contribution in [0.1, 0.15) is 17.2 Å². The Kier molecular flexibility index (Phi) is 3.61. The van der Waals surface area contributed by atoms with E-state index in [1.54, 1.807) is 31.5 Å². The Morgan fingerprint density at radius 2 is 2.06 bits per heavy atom. The molecule has 4 heteroatoms. The summed E-state index contributed by atoms with van der Waals surface area (Å²) in [5.41, 5.74) is 1.40. The molecule has 1 unspecified atom stereocenters. The highest BCUT2D eigenvalue weighted by Gasteiger charge is 2.15. The zero-order valence-electron chi connectivity index (χ0n) is 9.30. The van der Waals surface area contributed by atoms with Crippen molar-refractivity contribution in [1.82, 2.24) is 4.98 Å². The van der Waals surface area contributed by atoms with E-state index in [9.17, 15) is 5.11 Å². The molecule has 0 fully saturated rings. The number of ether oxygens (including phenoxy) is 1. The predicted octanol–water partition coefficient (Wildman–Crippen LogP) is 2.83. The summed E-state index contributed by atoms with van der Waals surface area (Å²) in [7, 11) is 1.57. The minimum atomic E-state index is -0.772. The van der Waals surface area contributed by atoms with Gasteiger partial charge in [-0.25, -0.2) is 4.98 Å². The average molecular weight is 250 g/mol. The van der Waals surface area contributed by atoms with Gasteiger partial charge in [0.05, 0.1) is 7.11 Å². The number of rotatable bonds is 3. The maximum atomic E-state index is 10.3. The minimum absolute atomic E-state index is 0.358. The van der Waals surface area contributed by atoms with Gasteiger partial charge in [0.1, 0.15) is 17.0 Å². The Balaban J connectivity index is 2.40. The van der Waals surface area contributed by atoms with Gasteiger partial charge in [0.15, 0.2) is 0 Å². The number of hydrogen-bond donors (Lipinski definition) is 1. The third-order valence-electron chi connectivity index (χ3n) is 2.50. The Labute approximate surface area is 105 Å². The van der Waals surface area contributed by atoms with E-state index < -0.39 is 6.10 Å². The van der Waals surface area contributed by atoms with E-state index in [1.165, 1.54) is 0 Å². The monoisotopic (exact) mass is 249 g/mol. The first-order valence-corrected chi connectivity index (χ1v) is 5.52. The van der Waals surface area contributed by atoms with Gasteiger partial charge in [0.25, 0.3) is 0 Å². The SMILES string of the molecule is COc1ccccc1C(O)c1ccnc(Cl)c1. The van der Waals surface area contributed by atoms with Gasteiger partial charge in [0.2, 0.25) is 0 Å². The van der Waals surface area contributed by atoms with Gasteiger partial charge in [-0.15, -0.1) is 0 Å². The number of para-hydroxylation sites is 1. The molecule has 1 heterocycles. The lowest BCUT2D eigenvalue weighted by Gasteiger charge is -2.14. The van der Waals surface area contributed by atoms with Crippen LogP contribution in [0.5, 0.6) is 5.75 Å². The first kappa shape index (κ1) is 11.9. The molecule has 0 spiro atoms. The molecular formula is C13H12ClNO2. The third kappa shape index (κ3) is 2.57. The highest BCUT2D eigenvalue weighted by Crippen LogP contribution is 2.30. The topological polar surface area (TPSA) is 42.4 Å². The summed E-state index contributed by atoms with van der Waals surface area (Å²) in [6.45, 7) is 0. The molecule has 1 atom stereocenters. The maximum absolute atomic E-state index is 10.3. The zero-order valence-corrected chi connectivity index (χ0v) is 10.1. The van der Waals surface area contributed by atoms with Crippen LogP contribution >= 0.6 is 11.6 Å². The van der Waals surface area contributed by atoms with Crippen molar-refractivity contribution in [3.63, 3.8) is 0 Å².